The van der Waals surface area contributed by atoms with Crippen molar-refractivity contribution in [1.29, 1.82) is 0 Å². The first-order chi connectivity index (χ1) is 15.0. The number of hydrogen-bond acceptors (Lipinski definition) is 2. The summed E-state index contributed by atoms with van der Waals surface area (Å²) in [5, 5.41) is 11.0. The van der Waals surface area contributed by atoms with Crippen molar-refractivity contribution in [2.45, 2.75) is 39.5 Å². The van der Waals surface area contributed by atoms with E-state index in [4.69, 9.17) is 0 Å². The molecule has 2 nitrogen and oxygen atoms in total. The second-order valence-corrected chi connectivity index (χ2v) is 8.06. The van der Waals surface area contributed by atoms with Crippen LogP contribution in [0, 0.1) is 29.1 Å². The van der Waals surface area contributed by atoms with E-state index in [9.17, 15) is 27.1 Å². The van der Waals surface area contributed by atoms with Crippen LogP contribution >= 0.6 is 0 Å². The molecule has 1 N–H and O–H groups in total. The smallest absolute Gasteiger partial charge is 0.200 e. The normalized spacial score (nSPS) is 12.2. The molecule has 0 fully saturated rings. The van der Waals surface area contributed by atoms with Crippen LogP contribution in [0.1, 0.15) is 61.8 Å². The third-order valence-electron chi connectivity index (χ3n) is 5.16. The largest absolute Gasteiger partial charge is 0.507 e. The molecule has 0 heterocycles. The van der Waals surface area contributed by atoms with Gasteiger partial charge in [-0.2, -0.15) is 0 Å². The molecule has 0 aliphatic heterocycles. The SMILES string of the molecule is CC(C)c1cc(C(=Nc2c(F)c(F)c(F)c(F)c2F)c2ccccc2)c(O)c(C(C)C)c1. The fraction of sp³-hybridized carbons (Fsp3) is 0.240. The van der Waals surface area contributed by atoms with E-state index in [1.165, 1.54) is 0 Å². The summed E-state index contributed by atoms with van der Waals surface area (Å²) in [7, 11) is 0. The molecule has 0 aliphatic carbocycles. The highest BCUT2D eigenvalue weighted by Gasteiger charge is 2.27. The van der Waals surface area contributed by atoms with Gasteiger partial charge in [0.25, 0.3) is 0 Å². The van der Waals surface area contributed by atoms with Crippen LogP contribution < -0.4 is 0 Å². The Balaban J connectivity index is 2.43. The van der Waals surface area contributed by atoms with Gasteiger partial charge in [0.05, 0.1) is 5.71 Å². The number of rotatable bonds is 5. The molecule has 0 radical (unpaired) electrons. The van der Waals surface area contributed by atoms with Crippen LogP contribution in [0.4, 0.5) is 27.6 Å². The Hall–Kier alpha value is -3.22. The molecule has 0 amide bonds. The Kier molecular flexibility index (Phi) is 6.67. The van der Waals surface area contributed by atoms with Crippen LogP contribution in [0.3, 0.4) is 0 Å². The molecular weight excluding hydrogens is 425 g/mol. The third kappa shape index (κ3) is 4.24. The molecule has 0 aliphatic rings. The van der Waals surface area contributed by atoms with Crippen molar-refractivity contribution < 1.29 is 27.1 Å². The Bertz CT molecular complexity index is 1160. The van der Waals surface area contributed by atoms with E-state index in [0.29, 0.717) is 11.1 Å². The van der Waals surface area contributed by atoms with E-state index in [2.05, 4.69) is 4.99 Å². The third-order valence-corrected chi connectivity index (χ3v) is 5.16. The maximum Gasteiger partial charge on any atom is 0.200 e. The molecule has 7 heteroatoms. The molecule has 32 heavy (non-hydrogen) atoms. The summed E-state index contributed by atoms with van der Waals surface area (Å²) in [6.07, 6.45) is 0. The molecule has 0 saturated carbocycles. The van der Waals surface area contributed by atoms with Crippen LogP contribution in [-0.4, -0.2) is 10.8 Å². The van der Waals surface area contributed by atoms with E-state index < -0.39 is 34.8 Å². The quantitative estimate of drug-likeness (QED) is 0.187. The molecule has 0 atom stereocenters. The van der Waals surface area contributed by atoms with Crippen molar-refractivity contribution in [3.05, 3.63) is 93.8 Å². The molecule has 3 aromatic rings. The summed E-state index contributed by atoms with van der Waals surface area (Å²) in [6, 6.07) is 11.6. The van der Waals surface area contributed by atoms with Crippen LogP contribution in [0.25, 0.3) is 0 Å². The van der Waals surface area contributed by atoms with Gasteiger partial charge in [-0.25, -0.2) is 26.9 Å². The van der Waals surface area contributed by atoms with Gasteiger partial charge < -0.3 is 5.11 Å². The number of phenols is 1. The first-order valence-electron chi connectivity index (χ1n) is 10.1. The first-order valence-corrected chi connectivity index (χ1v) is 10.1. The molecule has 0 bridgehead atoms. The minimum Gasteiger partial charge on any atom is -0.507 e. The zero-order valence-electron chi connectivity index (χ0n) is 18.0. The van der Waals surface area contributed by atoms with Crippen LogP contribution in [-0.2, 0) is 0 Å². The first kappa shape index (κ1) is 23.4. The Labute approximate surface area is 183 Å². The van der Waals surface area contributed by atoms with E-state index in [1.807, 2.05) is 33.8 Å². The van der Waals surface area contributed by atoms with Crippen LogP contribution in [0.2, 0.25) is 0 Å². The van der Waals surface area contributed by atoms with Gasteiger partial charge in [0, 0.05) is 11.1 Å². The molecule has 0 aromatic heterocycles. The molecule has 0 spiro atoms. The van der Waals surface area contributed by atoms with Gasteiger partial charge in [0.1, 0.15) is 11.4 Å². The Morgan fingerprint density at radius 3 is 1.78 bits per heavy atom. The summed E-state index contributed by atoms with van der Waals surface area (Å²) in [4.78, 5) is 3.88. The van der Waals surface area contributed by atoms with Gasteiger partial charge in [0.2, 0.25) is 5.82 Å². The monoisotopic (exact) mass is 447 g/mol. The number of hydrogen-bond donors (Lipinski definition) is 1. The van der Waals surface area contributed by atoms with E-state index in [1.54, 1.807) is 36.4 Å². The highest BCUT2D eigenvalue weighted by molar-refractivity contribution is 6.15. The minimum absolute atomic E-state index is 0.0399. The number of aliphatic imine (C=N–C) groups is 1. The standard InChI is InChI=1S/C25H22F5NO/c1-12(2)15-10-16(13(3)4)25(32)17(11-15)23(14-8-6-5-7-9-14)31-24-21(29)19(27)18(26)20(28)22(24)30/h5-13,32H,1-4H3. The minimum atomic E-state index is -2.26. The van der Waals surface area contributed by atoms with Crippen LogP contribution in [0.15, 0.2) is 47.5 Å². The summed E-state index contributed by atoms with van der Waals surface area (Å²) >= 11 is 0. The fourth-order valence-corrected chi connectivity index (χ4v) is 3.31. The number of nitrogens with zero attached hydrogens (tertiary/aromatic N) is 1. The molecule has 168 valence electrons. The maximum atomic E-state index is 14.4. The molecular formula is C25H22F5NO. The lowest BCUT2D eigenvalue weighted by atomic mass is 9.89. The van der Waals surface area contributed by atoms with Crippen molar-refractivity contribution in [1.82, 2.24) is 0 Å². The average Bonchev–Trinajstić information content (AvgIpc) is 2.77. The average molecular weight is 447 g/mol. The molecule has 3 aromatic carbocycles. The van der Waals surface area contributed by atoms with Gasteiger partial charge in [-0.3, -0.25) is 0 Å². The number of benzene rings is 3. The van der Waals surface area contributed by atoms with Gasteiger partial charge in [0.15, 0.2) is 23.3 Å². The lowest BCUT2D eigenvalue weighted by Crippen LogP contribution is -2.09. The highest BCUT2D eigenvalue weighted by Crippen LogP contribution is 2.37. The lowest BCUT2D eigenvalue weighted by molar-refractivity contribution is 0.381. The zero-order chi connectivity index (χ0) is 23.7. The van der Waals surface area contributed by atoms with E-state index in [0.717, 1.165) is 5.56 Å². The Morgan fingerprint density at radius 1 is 0.750 bits per heavy atom. The maximum absolute atomic E-state index is 14.4. The second kappa shape index (κ2) is 9.10. The van der Waals surface area contributed by atoms with Crippen molar-refractivity contribution in [3.8, 4) is 5.75 Å². The van der Waals surface area contributed by atoms with Crippen molar-refractivity contribution >= 4 is 11.4 Å². The summed E-state index contributed by atoms with van der Waals surface area (Å²) in [6.45, 7) is 7.60. The number of halogens is 5. The zero-order valence-corrected chi connectivity index (χ0v) is 18.0. The van der Waals surface area contributed by atoms with E-state index in [-0.39, 0.29) is 28.9 Å². The van der Waals surface area contributed by atoms with Crippen molar-refractivity contribution in [3.63, 3.8) is 0 Å². The topological polar surface area (TPSA) is 32.6 Å². The second-order valence-electron chi connectivity index (χ2n) is 8.06. The predicted molar refractivity (Wildman–Crippen MR) is 114 cm³/mol. The Morgan fingerprint density at radius 2 is 1.28 bits per heavy atom. The summed E-state index contributed by atoms with van der Waals surface area (Å²) in [5.41, 5.74) is 0.434. The molecule has 3 rings (SSSR count). The molecule has 0 unspecified atom stereocenters. The highest BCUT2D eigenvalue weighted by atomic mass is 19.2. The van der Waals surface area contributed by atoms with Gasteiger partial charge in [-0.1, -0.05) is 64.1 Å². The number of aromatic hydroxyl groups is 1. The number of phenolic OH excluding ortho intramolecular Hbond substituents is 1. The van der Waals surface area contributed by atoms with Crippen molar-refractivity contribution in [2.75, 3.05) is 0 Å². The lowest BCUT2D eigenvalue weighted by Gasteiger charge is -2.19. The molecule has 0 saturated heterocycles. The van der Waals surface area contributed by atoms with Crippen LogP contribution in [0.5, 0.6) is 5.75 Å². The van der Waals surface area contributed by atoms with Gasteiger partial charge in [-0.05, 0) is 29.0 Å². The summed E-state index contributed by atoms with van der Waals surface area (Å²) < 4.78 is 69.9. The van der Waals surface area contributed by atoms with Gasteiger partial charge in [-0.15, -0.1) is 0 Å². The fourth-order valence-electron chi connectivity index (χ4n) is 3.31. The van der Waals surface area contributed by atoms with Crippen molar-refractivity contribution in [2.24, 2.45) is 4.99 Å². The van der Waals surface area contributed by atoms with E-state index >= 15 is 0 Å². The summed E-state index contributed by atoms with van der Waals surface area (Å²) in [5.74, 6) is -10.7. The predicted octanol–water partition coefficient (Wildman–Crippen LogP) is 7.50. The van der Waals surface area contributed by atoms with Gasteiger partial charge >= 0.3 is 0 Å².